The van der Waals surface area contributed by atoms with E-state index in [0.717, 1.165) is 33.3 Å². The zero-order chi connectivity index (χ0) is 26.2. The second-order valence-electron chi connectivity index (χ2n) is 9.33. The number of aliphatic hydroxyl groups excluding tert-OH is 2. The molecule has 1 fully saturated rings. The molecule has 2 heterocycles. The molecule has 1 saturated heterocycles. The van der Waals surface area contributed by atoms with Crippen LogP contribution in [0.2, 0.25) is 5.02 Å². The number of hydrogen-bond donors (Lipinski definition) is 3. The smallest absolute Gasteiger partial charge is 0.294 e. The molecule has 194 valence electrons. The number of aromatic nitrogens is 2. The standard InChI is InChI=1S/C27H27ClN2O6S/c1-37(33,34)15-16-2-4-17(5-3-16)18-6-8-19(9-7-18)21-11-23-24(12-22(21)28)30-27(29-23)36-20-10-25(32)26(13-31)35-14-20/h2-9,11-12,20,25-26,31-32H,10,13-15H2,1H3,(H,29,30)/t20-,25+,26-/m1/s1. The van der Waals surface area contributed by atoms with Gasteiger partial charge in [0.1, 0.15) is 12.2 Å². The predicted molar refractivity (Wildman–Crippen MR) is 142 cm³/mol. The van der Waals surface area contributed by atoms with Crippen molar-refractivity contribution in [3.8, 4) is 28.3 Å². The fourth-order valence-electron chi connectivity index (χ4n) is 4.47. The van der Waals surface area contributed by atoms with Crippen molar-refractivity contribution in [2.45, 2.75) is 30.5 Å². The number of ether oxygens (including phenoxy) is 2. The Hall–Kier alpha value is -2.95. The van der Waals surface area contributed by atoms with E-state index in [1.54, 1.807) is 6.07 Å². The minimum atomic E-state index is -3.07. The first-order valence-electron chi connectivity index (χ1n) is 11.8. The van der Waals surface area contributed by atoms with Gasteiger partial charge in [-0.15, -0.1) is 0 Å². The molecule has 3 N–H and O–H groups in total. The summed E-state index contributed by atoms with van der Waals surface area (Å²) in [6.45, 7) is 0.0105. The number of benzene rings is 3. The highest BCUT2D eigenvalue weighted by molar-refractivity contribution is 7.89. The molecule has 0 aliphatic carbocycles. The van der Waals surface area contributed by atoms with Crippen LogP contribution in [-0.4, -0.2) is 66.4 Å². The van der Waals surface area contributed by atoms with Gasteiger partial charge < -0.3 is 24.7 Å². The van der Waals surface area contributed by atoms with Crippen molar-refractivity contribution in [1.82, 2.24) is 9.97 Å². The van der Waals surface area contributed by atoms with Crippen LogP contribution in [0.25, 0.3) is 33.3 Å². The number of rotatable bonds is 7. The van der Waals surface area contributed by atoms with Gasteiger partial charge in [-0.2, -0.15) is 4.98 Å². The molecule has 0 bridgehead atoms. The number of fused-ring (bicyclic) bond motifs is 1. The largest absolute Gasteiger partial charge is 0.459 e. The number of nitrogens with zero attached hydrogens (tertiary/aromatic N) is 1. The molecule has 0 spiro atoms. The summed E-state index contributed by atoms with van der Waals surface area (Å²) in [5.74, 6) is 0.0215. The van der Waals surface area contributed by atoms with Crippen molar-refractivity contribution in [2.75, 3.05) is 19.5 Å². The molecule has 1 aliphatic heterocycles. The Bertz CT molecular complexity index is 1500. The minimum Gasteiger partial charge on any atom is -0.459 e. The number of halogens is 1. The first-order valence-corrected chi connectivity index (χ1v) is 14.3. The summed E-state index contributed by atoms with van der Waals surface area (Å²) >= 11 is 6.60. The van der Waals surface area contributed by atoms with Gasteiger partial charge in [0.15, 0.2) is 9.84 Å². The van der Waals surface area contributed by atoms with Crippen LogP contribution in [0, 0.1) is 0 Å². The number of nitrogens with one attached hydrogen (secondary N) is 1. The first-order chi connectivity index (χ1) is 17.7. The van der Waals surface area contributed by atoms with Crippen molar-refractivity contribution < 1.29 is 28.1 Å². The van der Waals surface area contributed by atoms with Crippen LogP contribution < -0.4 is 4.74 Å². The zero-order valence-electron chi connectivity index (χ0n) is 20.1. The Labute approximate surface area is 219 Å². The molecule has 3 aromatic carbocycles. The van der Waals surface area contributed by atoms with Gasteiger partial charge in [-0.3, -0.25) is 0 Å². The predicted octanol–water partition coefficient (Wildman–Crippen LogP) is 3.98. The molecule has 5 rings (SSSR count). The van der Waals surface area contributed by atoms with Gasteiger partial charge in [0, 0.05) is 18.2 Å². The molecular formula is C27H27ClN2O6S. The van der Waals surface area contributed by atoms with Gasteiger partial charge in [-0.05, 0) is 34.4 Å². The maximum atomic E-state index is 11.5. The lowest BCUT2D eigenvalue weighted by Crippen LogP contribution is -2.45. The van der Waals surface area contributed by atoms with Gasteiger partial charge >= 0.3 is 0 Å². The summed E-state index contributed by atoms with van der Waals surface area (Å²) in [5.41, 5.74) is 5.90. The molecule has 1 aliphatic rings. The van der Waals surface area contributed by atoms with Gasteiger partial charge in [-0.1, -0.05) is 60.1 Å². The number of imidazole rings is 1. The number of aromatic amines is 1. The van der Waals surface area contributed by atoms with Gasteiger partial charge in [0.2, 0.25) is 0 Å². The Kier molecular flexibility index (Phi) is 7.24. The van der Waals surface area contributed by atoms with Crippen LogP contribution in [0.15, 0.2) is 60.7 Å². The Morgan fingerprint density at radius 2 is 1.73 bits per heavy atom. The van der Waals surface area contributed by atoms with E-state index in [1.807, 2.05) is 54.6 Å². The molecule has 4 aromatic rings. The molecule has 0 saturated carbocycles. The molecule has 3 atom stereocenters. The summed E-state index contributed by atoms with van der Waals surface area (Å²) in [6, 6.07) is 19.4. The highest BCUT2D eigenvalue weighted by Gasteiger charge is 2.31. The van der Waals surface area contributed by atoms with Gasteiger partial charge in [-0.25, -0.2) is 8.42 Å². The average molecular weight is 543 g/mol. The fraction of sp³-hybridized carbons (Fsp3) is 0.296. The molecular weight excluding hydrogens is 516 g/mol. The number of aliphatic hydroxyl groups is 2. The Balaban J connectivity index is 1.32. The molecule has 0 unspecified atom stereocenters. The monoisotopic (exact) mass is 542 g/mol. The SMILES string of the molecule is CS(=O)(=O)Cc1ccc(-c2ccc(-c3cc4nc(O[C@H]5CO[C@H](CO)[C@@H](O)C5)[nH]c4cc3Cl)cc2)cc1. The number of hydrogen-bond acceptors (Lipinski definition) is 7. The lowest BCUT2D eigenvalue weighted by molar-refractivity contribution is -0.131. The van der Waals surface area contributed by atoms with E-state index >= 15 is 0 Å². The molecule has 0 amide bonds. The maximum Gasteiger partial charge on any atom is 0.294 e. The highest BCUT2D eigenvalue weighted by Crippen LogP contribution is 2.34. The van der Waals surface area contributed by atoms with E-state index in [1.165, 1.54) is 6.26 Å². The van der Waals surface area contributed by atoms with Crippen molar-refractivity contribution in [3.05, 3.63) is 71.2 Å². The van der Waals surface area contributed by atoms with E-state index in [2.05, 4.69) is 9.97 Å². The quantitative estimate of drug-likeness (QED) is 0.323. The van der Waals surface area contributed by atoms with Crippen LogP contribution >= 0.6 is 11.6 Å². The highest BCUT2D eigenvalue weighted by atomic mass is 35.5. The third kappa shape index (κ3) is 5.97. The summed E-state index contributed by atoms with van der Waals surface area (Å²) in [6.07, 6.45) is -0.225. The van der Waals surface area contributed by atoms with Crippen LogP contribution in [0.3, 0.4) is 0 Å². The van der Waals surface area contributed by atoms with Crippen LogP contribution in [-0.2, 0) is 20.3 Å². The first kappa shape index (κ1) is 25.7. The maximum absolute atomic E-state index is 11.5. The summed E-state index contributed by atoms with van der Waals surface area (Å²) in [4.78, 5) is 7.64. The topological polar surface area (TPSA) is 122 Å². The third-order valence-corrected chi connectivity index (χ3v) is 7.52. The van der Waals surface area contributed by atoms with E-state index in [9.17, 15) is 18.6 Å². The lowest BCUT2D eigenvalue weighted by Gasteiger charge is -2.31. The minimum absolute atomic E-state index is 0.0215. The number of sulfone groups is 1. The van der Waals surface area contributed by atoms with E-state index in [4.69, 9.17) is 21.1 Å². The fourth-order valence-corrected chi connectivity index (χ4v) is 5.54. The van der Waals surface area contributed by atoms with Crippen LogP contribution in [0.5, 0.6) is 6.01 Å². The lowest BCUT2D eigenvalue weighted by atomic mass is 9.99. The normalized spacial score (nSPS) is 20.3. The third-order valence-electron chi connectivity index (χ3n) is 6.35. The summed E-state index contributed by atoms with van der Waals surface area (Å²) in [5, 5.41) is 19.8. The Morgan fingerprint density at radius 1 is 1.08 bits per heavy atom. The molecule has 10 heteroatoms. The zero-order valence-corrected chi connectivity index (χ0v) is 21.7. The molecule has 37 heavy (non-hydrogen) atoms. The van der Waals surface area contributed by atoms with Crippen LogP contribution in [0.1, 0.15) is 12.0 Å². The average Bonchev–Trinajstić information content (AvgIpc) is 3.24. The van der Waals surface area contributed by atoms with E-state index in [-0.39, 0.29) is 25.1 Å². The van der Waals surface area contributed by atoms with Crippen molar-refractivity contribution in [2.24, 2.45) is 0 Å². The molecule has 0 radical (unpaired) electrons. The van der Waals surface area contributed by atoms with Gasteiger partial charge in [0.25, 0.3) is 6.01 Å². The Morgan fingerprint density at radius 3 is 2.35 bits per heavy atom. The van der Waals surface area contributed by atoms with Crippen molar-refractivity contribution >= 4 is 32.5 Å². The molecule has 8 nitrogen and oxygen atoms in total. The van der Waals surface area contributed by atoms with Crippen LogP contribution in [0.4, 0.5) is 0 Å². The second kappa shape index (κ2) is 10.4. The van der Waals surface area contributed by atoms with Gasteiger partial charge in [0.05, 0.1) is 41.1 Å². The van der Waals surface area contributed by atoms with E-state index in [0.29, 0.717) is 23.0 Å². The summed E-state index contributed by atoms with van der Waals surface area (Å²) in [7, 11) is -3.07. The molecule has 1 aromatic heterocycles. The van der Waals surface area contributed by atoms with Crippen molar-refractivity contribution in [3.63, 3.8) is 0 Å². The van der Waals surface area contributed by atoms with Crippen molar-refractivity contribution in [1.29, 1.82) is 0 Å². The number of H-pyrrole nitrogens is 1. The van der Waals surface area contributed by atoms with E-state index < -0.39 is 22.0 Å². The summed E-state index contributed by atoms with van der Waals surface area (Å²) < 4.78 is 34.4. The second-order valence-corrected chi connectivity index (χ2v) is 11.9.